The topological polar surface area (TPSA) is 28.2 Å². The molecular weight excluding hydrogens is 270 g/mol. The van der Waals surface area contributed by atoms with Crippen LogP contribution in [0.15, 0.2) is 12.3 Å². The fourth-order valence-corrected chi connectivity index (χ4v) is 2.70. The standard InChI is InChI=1S/C16H26ClN3/c1-12-5-7-20(8-6-12)15-14(17)9-13(10-18-15)11-19-16(2,3)4/h9-10,12,19H,5-8,11H2,1-4H3. The van der Waals surface area contributed by atoms with Crippen molar-refractivity contribution >= 4 is 17.4 Å². The van der Waals surface area contributed by atoms with Crippen LogP contribution in [0.3, 0.4) is 0 Å². The van der Waals surface area contributed by atoms with E-state index in [-0.39, 0.29) is 5.54 Å². The van der Waals surface area contributed by atoms with E-state index < -0.39 is 0 Å². The molecule has 0 spiro atoms. The van der Waals surface area contributed by atoms with E-state index in [0.717, 1.165) is 42.0 Å². The maximum absolute atomic E-state index is 6.42. The summed E-state index contributed by atoms with van der Waals surface area (Å²) in [5.41, 5.74) is 1.24. The summed E-state index contributed by atoms with van der Waals surface area (Å²) in [6.07, 6.45) is 4.40. The summed E-state index contributed by atoms with van der Waals surface area (Å²) >= 11 is 6.42. The van der Waals surface area contributed by atoms with Crippen LogP contribution >= 0.6 is 11.6 Å². The molecule has 0 atom stereocenters. The van der Waals surface area contributed by atoms with Crippen molar-refractivity contribution in [2.24, 2.45) is 5.92 Å². The van der Waals surface area contributed by atoms with Gasteiger partial charge in [0.05, 0.1) is 5.02 Å². The van der Waals surface area contributed by atoms with E-state index in [1.165, 1.54) is 12.8 Å². The summed E-state index contributed by atoms with van der Waals surface area (Å²) in [7, 11) is 0. The van der Waals surface area contributed by atoms with E-state index in [4.69, 9.17) is 11.6 Å². The summed E-state index contributed by atoms with van der Waals surface area (Å²) < 4.78 is 0. The minimum Gasteiger partial charge on any atom is -0.355 e. The predicted molar refractivity (Wildman–Crippen MR) is 86.5 cm³/mol. The Morgan fingerprint density at radius 2 is 2.00 bits per heavy atom. The lowest BCUT2D eigenvalue weighted by atomic mass is 9.99. The van der Waals surface area contributed by atoms with Crippen LogP contribution in [0.2, 0.25) is 5.02 Å². The molecule has 1 aromatic heterocycles. The van der Waals surface area contributed by atoms with Gasteiger partial charge in [-0.05, 0) is 51.2 Å². The maximum Gasteiger partial charge on any atom is 0.147 e. The molecule has 0 saturated carbocycles. The number of pyridine rings is 1. The van der Waals surface area contributed by atoms with Gasteiger partial charge in [-0.3, -0.25) is 0 Å². The largest absolute Gasteiger partial charge is 0.355 e. The first-order valence-corrected chi connectivity index (χ1v) is 7.87. The van der Waals surface area contributed by atoms with Crippen LogP contribution in [-0.2, 0) is 6.54 Å². The smallest absolute Gasteiger partial charge is 0.147 e. The Hall–Kier alpha value is -0.800. The first-order chi connectivity index (χ1) is 9.35. The highest BCUT2D eigenvalue weighted by molar-refractivity contribution is 6.33. The van der Waals surface area contributed by atoms with Crippen molar-refractivity contribution in [3.63, 3.8) is 0 Å². The van der Waals surface area contributed by atoms with Gasteiger partial charge in [-0.15, -0.1) is 0 Å². The molecule has 3 nitrogen and oxygen atoms in total. The molecule has 1 aliphatic heterocycles. The Labute approximate surface area is 127 Å². The van der Waals surface area contributed by atoms with Crippen molar-refractivity contribution in [2.45, 2.75) is 52.6 Å². The van der Waals surface area contributed by atoms with Gasteiger partial charge in [0, 0.05) is 31.4 Å². The highest BCUT2D eigenvalue weighted by Gasteiger charge is 2.19. The average molecular weight is 296 g/mol. The first kappa shape index (κ1) is 15.6. The third-order valence-corrected chi connectivity index (χ3v) is 4.06. The zero-order chi connectivity index (χ0) is 14.8. The zero-order valence-corrected chi connectivity index (χ0v) is 13.8. The molecular formula is C16H26ClN3. The maximum atomic E-state index is 6.42. The lowest BCUT2D eigenvalue weighted by molar-refractivity contribution is 0.423. The van der Waals surface area contributed by atoms with Crippen LogP contribution in [0, 0.1) is 5.92 Å². The Balaban J connectivity index is 2.02. The second-order valence-electron chi connectivity index (χ2n) is 6.92. The zero-order valence-electron chi connectivity index (χ0n) is 13.0. The quantitative estimate of drug-likeness (QED) is 0.918. The summed E-state index contributed by atoms with van der Waals surface area (Å²) in [5, 5.41) is 4.23. The Morgan fingerprint density at radius 3 is 2.55 bits per heavy atom. The first-order valence-electron chi connectivity index (χ1n) is 7.49. The van der Waals surface area contributed by atoms with Crippen LogP contribution in [0.5, 0.6) is 0 Å². The average Bonchev–Trinajstić information content (AvgIpc) is 2.37. The van der Waals surface area contributed by atoms with Gasteiger partial charge in [0.1, 0.15) is 5.82 Å². The van der Waals surface area contributed by atoms with Gasteiger partial charge < -0.3 is 10.2 Å². The third-order valence-electron chi connectivity index (χ3n) is 3.78. The number of nitrogens with zero attached hydrogens (tertiary/aromatic N) is 2. The number of rotatable bonds is 3. The van der Waals surface area contributed by atoms with Gasteiger partial charge in [-0.2, -0.15) is 0 Å². The number of aromatic nitrogens is 1. The van der Waals surface area contributed by atoms with Crippen molar-refractivity contribution in [1.29, 1.82) is 0 Å². The summed E-state index contributed by atoms with van der Waals surface area (Å²) in [4.78, 5) is 6.89. The predicted octanol–water partition coefficient (Wildman–Crippen LogP) is 3.86. The molecule has 1 aliphatic rings. The SMILES string of the molecule is CC1CCN(c2ncc(CNC(C)(C)C)cc2Cl)CC1. The molecule has 0 bridgehead atoms. The summed E-state index contributed by atoms with van der Waals surface area (Å²) in [6.45, 7) is 11.7. The van der Waals surface area contributed by atoms with Crippen molar-refractivity contribution in [1.82, 2.24) is 10.3 Å². The van der Waals surface area contributed by atoms with E-state index in [1.54, 1.807) is 0 Å². The number of piperidine rings is 1. The lowest BCUT2D eigenvalue weighted by Gasteiger charge is -2.31. The molecule has 0 unspecified atom stereocenters. The Morgan fingerprint density at radius 1 is 1.35 bits per heavy atom. The van der Waals surface area contributed by atoms with E-state index >= 15 is 0 Å². The van der Waals surface area contributed by atoms with Gasteiger partial charge in [0.15, 0.2) is 0 Å². The molecule has 1 aromatic rings. The number of hydrogen-bond donors (Lipinski definition) is 1. The van der Waals surface area contributed by atoms with Crippen LogP contribution in [0.4, 0.5) is 5.82 Å². The number of nitrogens with one attached hydrogen (secondary N) is 1. The molecule has 0 aliphatic carbocycles. The monoisotopic (exact) mass is 295 g/mol. The number of halogens is 1. The number of anilines is 1. The van der Waals surface area contributed by atoms with Crippen molar-refractivity contribution in [3.8, 4) is 0 Å². The molecule has 2 rings (SSSR count). The van der Waals surface area contributed by atoms with Crippen LogP contribution < -0.4 is 10.2 Å². The molecule has 112 valence electrons. The molecule has 0 aromatic carbocycles. The highest BCUT2D eigenvalue weighted by atomic mass is 35.5. The van der Waals surface area contributed by atoms with E-state index in [1.807, 2.05) is 12.3 Å². The van der Waals surface area contributed by atoms with Gasteiger partial charge in [0.2, 0.25) is 0 Å². The van der Waals surface area contributed by atoms with Gasteiger partial charge in [-0.25, -0.2) is 4.98 Å². The third kappa shape index (κ3) is 4.35. The van der Waals surface area contributed by atoms with E-state index in [9.17, 15) is 0 Å². The van der Waals surface area contributed by atoms with Gasteiger partial charge in [0.25, 0.3) is 0 Å². The highest BCUT2D eigenvalue weighted by Crippen LogP contribution is 2.28. The lowest BCUT2D eigenvalue weighted by Crippen LogP contribution is -2.35. The van der Waals surface area contributed by atoms with Crippen molar-refractivity contribution in [2.75, 3.05) is 18.0 Å². The van der Waals surface area contributed by atoms with Crippen molar-refractivity contribution < 1.29 is 0 Å². The molecule has 4 heteroatoms. The molecule has 0 radical (unpaired) electrons. The molecule has 2 heterocycles. The van der Waals surface area contributed by atoms with E-state index in [0.29, 0.717) is 0 Å². The normalized spacial score (nSPS) is 17.6. The molecule has 1 fully saturated rings. The fourth-order valence-electron chi connectivity index (χ4n) is 2.39. The second kappa shape index (κ2) is 6.31. The fraction of sp³-hybridized carbons (Fsp3) is 0.688. The second-order valence-corrected chi connectivity index (χ2v) is 7.33. The number of hydrogen-bond acceptors (Lipinski definition) is 3. The van der Waals surface area contributed by atoms with Crippen LogP contribution in [0.1, 0.15) is 46.1 Å². The van der Waals surface area contributed by atoms with Gasteiger partial charge in [-0.1, -0.05) is 18.5 Å². The minimum atomic E-state index is 0.105. The molecule has 1 saturated heterocycles. The Bertz CT molecular complexity index is 446. The molecule has 0 amide bonds. The summed E-state index contributed by atoms with van der Waals surface area (Å²) in [5.74, 6) is 1.76. The van der Waals surface area contributed by atoms with Crippen LogP contribution in [0.25, 0.3) is 0 Å². The Kier molecular flexibility index (Phi) is 4.92. The molecule has 1 N–H and O–H groups in total. The van der Waals surface area contributed by atoms with Crippen molar-refractivity contribution in [3.05, 3.63) is 22.8 Å². The molecule has 20 heavy (non-hydrogen) atoms. The minimum absolute atomic E-state index is 0.105. The summed E-state index contributed by atoms with van der Waals surface area (Å²) in [6, 6.07) is 2.04. The van der Waals surface area contributed by atoms with E-state index in [2.05, 4.69) is 42.9 Å². The van der Waals surface area contributed by atoms with Crippen LogP contribution in [-0.4, -0.2) is 23.6 Å². The van der Waals surface area contributed by atoms with Gasteiger partial charge >= 0.3 is 0 Å².